The van der Waals surface area contributed by atoms with Crippen LogP contribution in [-0.2, 0) is 11.3 Å². The van der Waals surface area contributed by atoms with Crippen molar-refractivity contribution in [3.05, 3.63) is 95.6 Å². The summed E-state index contributed by atoms with van der Waals surface area (Å²) in [6.45, 7) is 1.31. The van der Waals surface area contributed by atoms with E-state index >= 15 is 0 Å². The van der Waals surface area contributed by atoms with Crippen molar-refractivity contribution in [2.45, 2.75) is 6.54 Å². The Bertz CT molecular complexity index is 1090. The number of hydrogen-bond donors (Lipinski definition) is 3. The first-order valence-corrected chi connectivity index (χ1v) is 10.7. The van der Waals surface area contributed by atoms with Crippen LogP contribution in [0, 0.1) is 0 Å². The molecule has 0 bridgehead atoms. The molecule has 0 atom stereocenters. The highest BCUT2D eigenvalue weighted by Crippen LogP contribution is 2.16. The molecule has 0 saturated carbocycles. The summed E-state index contributed by atoms with van der Waals surface area (Å²) in [6.07, 6.45) is 0. The average Bonchev–Trinajstić information content (AvgIpc) is 2.84. The van der Waals surface area contributed by atoms with Gasteiger partial charge in [-0.05, 0) is 54.2 Å². The zero-order valence-electron chi connectivity index (χ0n) is 18.2. The van der Waals surface area contributed by atoms with Crippen LogP contribution < -0.4 is 20.7 Å². The van der Waals surface area contributed by atoms with Crippen LogP contribution in [0.25, 0.3) is 0 Å². The van der Waals surface area contributed by atoms with Crippen LogP contribution in [0.15, 0.2) is 78.9 Å². The van der Waals surface area contributed by atoms with Gasteiger partial charge in [0.2, 0.25) is 0 Å². The number of carbonyl (C=O) groups is 2. The molecular weight excluding hydrogens is 438 g/mol. The fourth-order valence-electron chi connectivity index (χ4n) is 2.94. The van der Waals surface area contributed by atoms with Crippen LogP contribution in [0.4, 0.5) is 5.69 Å². The first-order chi connectivity index (χ1) is 16.1. The Morgan fingerprint density at radius 2 is 1.55 bits per heavy atom. The maximum atomic E-state index is 12.7. The summed E-state index contributed by atoms with van der Waals surface area (Å²) >= 11 is 5.28. The van der Waals surface area contributed by atoms with E-state index in [1.54, 1.807) is 55.6 Å². The standard InChI is InChI=1S/C25H25N3O4S/c1-31-15-16-32-20-13-11-19(12-14-20)23(29)28-25(33)27-22-10-6-5-9-21(22)24(30)26-17-18-7-3-2-4-8-18/h2-14H,15-17H2,1H3,(H,26,30)(H2,27,28,29,33). The van der Waals surface area contributed by atoms with Crippen LogP contribution in [0.2, 0.25) is 0 Å². The summed E-state index contributed by atoms with van der Waals surface area (Å²) in [5.74, 6) is 0.0156. The lowest BCUT2D eigenvalue weighted by atomic mass is 10.1. The summed E-state index contributed by atoms with van der Waals surface area (Å²) in [7, 11) is 1.60. The number of hydrogen-bond acceptors (Lipinski definition) is 5. The van der Waals surface area contributed by atoms with E-state index in [-0.39, 0.29) is 16.9 Å². The third-order valence-corrected chi connectivity index (χ3v) is 4.82. The molecule has 3 aromatic carbocycles. The topological polar surface area (TPSA) is 88.7 Å². The van der Waals surface area contributed by atoms with Crippen LogP contribution >= 0.6 is 12.2 Å². The maximum absolute atomic E-state index is 12.7. The molecular formula is C25H25N3O4S. The highest BCUT2D eigenvalue weighted by atomic mass is 32.1. The van der Waals surface area contributed by atoms with Gasteiger partial charge in [0.05, 0.1) is 17.9 Å². The van der Waals surface area contributed by atoms with Crippen molar-refractivity contribution in [3.8, 4) is 5.75 Å². The van der Waals surface area contributed by atoms with Crippen molar-refractivity contribution in [1.82, 2.24) is 10.6 Å². The molecule has 2 amide bonds. The van der Waals surface area contributed by atoms with E-state index in [4.69, 9.17) is 21.7 Å². The van der Waals surface area contributed by atoms with Gasteiger partial charge in [0.25, 0.3) is 11.8 Å². The molecule has 0 fully saturated rings. The fourth-order valence-corrected chi connectivity index (χ4v) is 3.14. The molecule has 3 N–H and O–H groups in total. The lowest BCUT2D eigenvalue weighted by Gasteiger charge is -2.14. The molecule has 170 valence electrons. The van der Waals surface area contributed by atoms with E-state index in [2.05, 4.69) is 16.0 Å². The Balaban J connectivity index is 1.56. The number of anilines is 1. The van der Waals surface area contributed by atoms with Crippen LogP contribution in [0.3, 0.4) is 0 Å². The van der Waals surface area contributed by atoms with Gasteiger partial charge < -0.3 is 20.1 Å². The maximum Gasteiger partial charge on any atom is 0.257 e. The number of benzene rings is 3. The minimum absolute atomic E-state index is 0.0868. The zero-order valence-corrected chi connectivity index (χ0v) is 19.0. The first-order valence-electron chi connectivity index (χ1n) is 10.3. The molecule has 0 saturated heterocycles. The third kappa shape index (κ3) is 7.41. The van der Waals surface area contributed by atoms with Crippen molar-refractivity contribution < 1.29 is 19.1 Å². The Morgan fingerprint density at radius 1 is 0.848 bits per heavy atom. The van der Waals surface area contributed by atoms with Gasteiger partial charge in [-0.15, -0.1) is 0 Å². The molecule has 3 aromatic rings. The van der Waals surface area contributed by atoms with Crippen LogP contribution in [0.1, 0.15) is 26.3 Å². The molecule has 0 aromatic heterocycles. The van der Waals surface area contributed by atoms with Crippen molar-refractivity contribution in [2.75, 3.05) is 25.6 Å². The molecule has 7 nitrogen and oxygen atoms in total. The minimum atomic E-state index is -0.373. The van der Waals surface area contributed by atoms with Gasteiger partial charge in [0.1, 0.15) is 12.4 Å². The molecule has 0 heterocycles. The zero-order chi connectivity index (χ0) is 23.5. The molecule has 0 spiro atoms. The molecule has 0 unspecified atom stereocenters. The Morgan fingerprint density at radius 3 is 2.27 bits per heavy atom. The summed E-state index contributed by atoms with van der Waals surface area (Å²) in [6, 6.07) is 23.3. The van der Waals surface area contributed by atoms with E-state index in [9.17, 15) is 9.59 Å². The molecule has 3 rings (SSSR count). The number of ether oxygens (including phenoxy) is 2. The highest BCUT2D eigenvalue weighted by molar-refractivity contribution is 7.80. The molecule has 8 heteroatoms. The lowest BCUT2D eigenvalue weighted by molar-refractivity contribution is 0.0950. The quantitative estimate of drug-likeness (QED) is 0.331. The molecule has 0 aliphatic carbocycles. The summed E-state index contributed by atoms with van der Waals surface area (Å²) in [5.41, 5.74) is 2.33. The predicted octanol–water partition coefficient (Wildman–Crippen LogP) is 3.77. The van der Waals surface area contributed by atoms with Gasteiger partial charge >= 0.3 is 0 Å². The van der Waals surface area contributed by atoms with Gasteiger partial charge in [-0.2, -0.15) is 0 Å². The monoisotopic (exact) mass is 463 g/mol. The van der Waals surface area contributed by atoms with Crippen molar-refractivity contribution >= 4 is 34.8 Å². The summed E-state index contributed by atoms with van der Waals surface area (Å²) < 4.78 is 10.4. The number of rotatable bonds is 9. The minimum Gasteiger partial charge on any atom is -0.491 e. The highest BCUT2D eigenvalue weighted by Gasteiger charge is 2.13. The van der Waals surface area contributed by atoms with Gasteiger partial charge in [-0.3, -0.25) is 14.9 Å². The molecule has 0 aliphatic rings. The Hall–Kier alpha value is -3.75. The van der Waals surface area contributed by atoms with Crippen LogP contribution in [-0.4, -0.2) is 37.3 Å². The Kier molecular flexibility index (Phi) is 8.93. The third-order valence-electron chi connectivity index (χ3n) is 4.62. The van der Waals surface area contributed by atoms with Crippen molar-refractivity contribution in [3.63, 3.8) is 0 Å². The van der Waals surface area contributed by atoms with E-state index in [0.717, 1.165) is 5.56 Å². The number of nitrogens with one attached hydrogen (secondary N) is 3. The Labute approximate surface area is 198 Å². The fraction of sp³-hybridized carbons (Fsp3) is 0.160. The van der Waals surface area contributed by atoms with Gasteiger partial charge in [-0.1, -0.05) is 42.5 Å². The number of methoxy groups -OCH3 is 1. The van der Waals surface area contributed by atoms with E-state index in [0.29, 0.717) is 42.3 Å². The smallest absolute Gasteiger partial charge is 0.257 e. The average molecular weight is 464 g/mol. The normalized spacial score (nSPS) is 10.2. The second kappa shape index (κ2) is 12.3. The van der Waals surface area contributed by atoms with Crippen molar-refractivity contribution in [2.24, 2.45) is 0 Å². The molecule has 0 radical (unpaired) electrons. The number of thiocarbonyl (C=S) groups is 1. The van der Waals surface area contributed by atoms with E-state index in [1.807, 2.05) is 30.3 Å². The summed E-state index contributed by atoms with van der Waals surface area (Å²) in [4.78, 5) is 25.2. The van der Waals surface area contributed by atoms with Gasteiger partial charge in [0.15, 0.2) is 5.11 Å². The lowest BCUT2D eigenvalue weighted by Crippen LogP contribution is -2.35. The SMILES string of the molecule is COCCOc1ccc(C(=O)NC(=S)Nc2ccccc2C(=O)NCc2ccccc2)cc1. The number of carbonyl (C=O) groups excluding carboxylic acids is 2. The van der Waals surface area contributed by atoms with Crippen LogP contribution in [0.5, 0.6) is 5.75 Å². The molecule has 33 heavy (non-hydrogen) atoms. The first kappa shape index (κ1) is 23.9. The van der Waals surface area contributed by atoms with E-state index < -0.39 is 0 Å². The second-order valence-corrected chi connectivity index (χ2v) is 7.40. The second-order valence-electron chi connectivity index (χ2n) is 6.99. The van der Waals surface area contributed by atoms with Gasteiger partial charge in [-0.25, -0.2) is 0 Å². The number of para-hydroxylation sites is 1. The predicted molar refractivity (Wildman–Crippen MR) is 132 cm³/mol. The van der Waals surface area contributed by atoms with Crippen molar-refractivity contribution in [1.29, 1.82) is 0 Å². The van der Waals surface area contributed by atoms with Gasteiger partial charge in [0, 0.05) is 19.2 Å². The molecule has 0 aliphatic heterocycles. The number of amides is 2. The summed E-state index contributed by atoms with van der Waals surface area (Å²) in [5, 5.41) is 8.54. The largest absolute Gasteiger partial charge is 0.491 e. The van der Waals surface area contributed by atoms with E-state index in [1.165, 1.54) is 0 Å².